The van der Waals surface area contributed by atoms with Gasteiger partial charge in [0.15, 0.2) is 5.58 Å². The number of rotatable bonds is 4. The van der Waals surface area contributed by atoms with Crippen LogP contribution in [0.2, 0.25) is 0 Å². The summed E-state index contributed by atoms with van der Waals surface area (Å²) in [7, 11) is 0. The Hall–Kier alpha value is -9.82. The van der Waals surface area contributed by atoms with Gasteiger partial charge in [0.25, 0.3) is 0 Å². The van der Waals surface area contributed by atoms with Gasteiger partial charge in [-0.3, -0.25) is 0 Å². The largest absolute Gasteiger partial charge is 0.454 e. The number of fused-ring (bicyclic) bond motifs is 16. The maximum absolute atomic E-state index is 12.4. The number of nitrogens with zero attached hydrogens (tertiary/aromatic N) is 6. The topological polar surface area (TPSA) is 80.4 Å². The molecule has 0 atom stereocenters. The summed E-state index contributed by atoms with van der Waals surface area (Å²) < 4.78 is 16.0. The lowest BCUT2D eigenvalue weighted by Crippen LogP contribution is -2.17. The van der Waals surface area contributed by atoms with Crippen molar-refractivity contribution in [2.75, 3.05) is 0 Å². The maximum atomic E-state index is 12.4. The summed E-state index contributed by atoms with van der Waals surface area (Å²) in [5.74, 6) is 0. The lowest BCUT2D eigenvalue weighted by Gasteiger charge is -2.27. The van der Waals surface area contributed by atoms with E-state index in [1.54, 1.807) is 0 Å². The molecule has 0 N–H and O–H groups in total. The van der Waals surface area contributed by atoms with Crippen LogP contribution in [0.25, 0.3) is 132 Å². The van der Waals surface area contributed by atoms with Gasteiger partial charge in [0, 0.05) is 53.9 Å². The normalized spacial score (nSPS) is 12.0. The first-order valence-corrected chi connectivity index (χ1v) is 23.1. The van der Waals surface area contributed by atoms with Gasteiger partial charge in [-0.25, -0.2) is 0 Å². The Morgan fingerprint density at radius 3 is 0.971 bits per heavy atom. The predicted molar refractivity (Wildman–Crippen MR) is 281 cm³/mol. The monoisotopic (exact) mass is 878 g/mol. The van der Waals surface area contributed by atoms with Crippen molar-refractivity contribution in [2.45, 2.75) is 0 Å². The highest BCUT2D eigenvalue weighted by Gasteiger charge is 2.35. The fraction of sp³-hybridized carbons (Fsp3) is 0. The van der Waals surface area contributed by atoms with Crippen LogP contribution in [-0.4, -0.2) is 18.3 Å². The van der Waals surface area contributed by atoms with Gasteiger partial charge in [-0.15, -0.1) is 0 Å². The SMILES string of the molecule is N#Cc1c(-n2c3ccccc3c3ccccc32)c(C#N)c(-n2c3ccccc3c3ccccc32)c(-n2c3ccccc3c3ccc4c5ccccc5oc4c32)c1-n1c2ccccc2c2ccccc21. The predicted octanol–water partition coefficient (Wildman–Crippen LogP) is 15.7. The van der Waals surface area contributed by atoms with Crippen molar-refractivity contribution >= 4 is 109 Å². The van der Waals surface area contributed by atoms with Gasteiger partial charge in [0.05, 0.1) is 66.9 Å². The Morgan fingerprint density at radius 2 is 0.580 bits per heavy atom. The number of nitriles is 2. The molecule has 69 heavy (non-hydrogen) atoms. The highest BCUT2D eigenvalue weighted by atomic mass is 16.3. The summed E-state index contributed by atoms with van der Waals surface area (Å²) in [6.45, 7) is 0. The Morgan fingerprint density at radius 1 is 0.275 bits per heavy atom. The van der Waals surface area contributed by atoms with E-state index in [9.17, 15) is 10.5 Å². The van der Waals surface area contributed by atoms with Crippen molar-refractivity contribution in [1.82, 2.24) is 18.3 Å². The molecular formula is C62H34N6O. The minimum Gasteiger partial charge on any atom is -0.454 e. The third kappa shape index (κ3) is 4.82. The molecule has 0 aliphatic carbocycles. The summed E-state index contributed by atoms with van der Waals surface area (Å²) in [4.78, 5) is 0. The van der Waals surface area contributed by atoms with Gasteiger partial charge in [0.2, 0.25) is 0 Å². The highest BCUT2D eigenvalue weighted by molar-refractivity contribution is 6.23. The fourth-order valence-electron chi connectivity index (χ4n) is 11.7. The first-order chi connectivity index (χ1) is 34.2. The molecule has 0 fully saturated rings. The van der Waals surface area contributed by atoms with E-state index in [0.29, 0.717) is 33.9 Å². The smallest absolute Gasteiger partial charge is 0.160 e. The zero-order valence-electron chi connectivity index (χ0n) is 36.7. The molecule has 0 spiro atoms. The molecular weight excluding hydrogens is 845 g/mol. The van der Waals surface area contributed by atoms with Gasteiger partial charge >= 0.3 is 0 Å². The summed E-state index contributed by atoms with van der Waals surface area (Å²) in [6, 6.07) is 77.0. The van der Waals surface area contributed by atoms with Crippen LogP contribution in [0.4, 0.5) is 0 Å². The average molecular weight is 879 g/mol. The summed E-state index contributed by atoms with van der Waals surface area (Å²) in [6.07, 6.45) is 0. The molecule has 7 heteroatoms. The van der Waals surface area contributed by atoms with E-state index in [-0.39, 0.29) is 0 Å². The molecule has 0 saturated heterocycles. The second-order valence-corrected chi connectivity index (χ2v) is 17.8. The molecule has 0 saturated carbocycles. The zero-order chi connectivity index (χ0) is 45.5. The van der Waals surface area contributed by atoms with Crippen LogP contribution >= 0.6 is 0 Å². The standard InChI is InChI=1S/C62H34N6O/c63-35-47-57(65-49-25-9-1-17-37(49)38-18-2-10-26-50(38)65)48(36-64)59(67-53-29-13-5-21-41(53)42-22-6-14-30-54(42)67)61(58(47)66-51-27-11-3-19-39(51)40-20-4-12-28-52(40)66)68-55-31-15-7-23-43(55)45-33-34-46-44-24-8-16-32-56(44)69-62(46)60(45)68/h1-34H. The molecule has 15 rings (SSSR count). The van der Waals surface area contributed by atoms with Gasteiger partial charge in [0.1, 0.15) is 28.8 Å². The first-order valence-electron chi connectivity index (χ1n) is 23.1. The van der Waals surface area contributed by atoms with Crippen LogP contribution in [0.5, 0.6) is 0 Å². The van der Waals surface area contributed by atoms with Gasteiger partial charge in [-0.1, -0.05) is 152 Å². The minimum absolute atomic E-state index is 0.354. The molecule has 0 aliphatic rings. The molecule has 10 aromatic carbocycles. The molecule has 0 radical (unpaired) electrons. The van der Waals surface area contributed by atoms with Crippen LogP contribution < -0.4 is 0 Å². The molecule has 15 aromatic rings. The molecule has 7 nitrogen and oxygen atoms in total. The molecule has 0 unspecified atom stereocenters. The molecule has 0 aliphatic heterocycles. The lowest BCUT2D eigenvalue weighted by molar-refractivity contribution is 0.671. The third-order valence-corrected chi connectivity index (χ3v) is 14.4. The van der Waals surface area contributed by atoms with Gasteiger partial charge in [-0.05, 0) is 54.6 Å². The van der Waals surface area contributed by atoms with Crippen molar-refractivity contribution in [2.24, 2.45) is 0 Å². The van der Waals surface area contributed by atoms with Crippen molar-refractivity contribution in [3.05, 3.63) is 217 Å². The fourth-order valence-corrected chi connectivity index (χ4v) is 11.7. The van der Waals surface area contributed by atoms with Crippen molar-refractivity contribution in [3.63, 3.8) is 0 Å². The third-order valence-electron chi connectivity index (χ3n) is 14.4. The zero-order valence-corrected chi connectivity index (χ0v) is 36.7. The summed E-state index contributed by atoms with van der Waals surface area (Å²) in [5, 5.41) is 35.0. The number of para-hydroxylation sites is 8. The van der Waals surface area contributed by atoms with Gasteiger partial charge in [-0.2, -0.15) is 10.5 Å². The lowest BCUT2D eigenvalue weighted by atomic mass is 9.98. The van der Waals surface area contributed by atoms with E-state index >= 15 is 0 Å². The first kappa shape index (κ1) is 37.4. The second-order valence-electron chi connectivity index (χ2n) is 17.8. The quantitative estimate of drug-likeness (QED) is 0.177. The average Bonchev–Trinajstić information content (AvgIpc) is 4.21. The van der Waals surface area contributed by atoms with Gasteiger partial charge < -0.3 is 22.7 Å². The van der Waals surface area contributed by atoms with E-state index in [1.807, 2.05) is 42.5 Å². The Bertz CT molecular complexity index is 4510. The Kier molecular flexibility index (Phi) is 7.51. The van der Waals surface area contributed by atoms with Crippen LogP contribution in [0.15, 0.2) is 211 Å². The van der Waals surface area contributed by atoms with E-state index < -0.39 is 0 Å². The van der Waals surface area contributed by atoms with E-state index in [0.717, 1.165) is 109 Å². The van der Waals surface area contributed by atoms with E-state index in [2.05, 4.69) is 194 Å². The Labute approximate surface area is 392 Å². The van der Waals surface area contributed by atoms with Crippen LogP contribution in [0.3, 0.4) is 0 Å². The number of aromatic nitrogens is 4. The molecule has 5 heterocycles. The van der Waals surface area contributed by atoms with Crippen LogP contribution in [0, 0.1) is 22.7 Å². The molecule has 318 valence electrons. The van der Waals surface area contributed by atoms with E-state index in [1.165, 1.54) is 0 Å². The van der Waals surface area contributed by atoms with Crippen molar-refractivity contribution < 1.29 is 4.42 Å². The summed E-state index contributed by atoms with van der Waals surface area (Å²) in [5.41, 5.74) is 11.9. The highest BCUT2D eigenvalue weighted by Crippen LogP contribution is 2.50. The number of hydrogen-bond donors (Lipinski definition) is 0. The molecule has 5 aromatic heterocycles. The number of furan rings is 1. The van der Waals surface area contributed by atoms with Crippen LogP contribution in [-0.2, 0) is 0 Å². The van der Waals surface area contributed by atoms with Crippen LogP contribution in [0.1, 0.15) is 11.1 Å². The molecule has 0 amide bonds. The Balaban J connectivity index is 1.31. The minimum atomic E-state index is 0.354. The second kappa shape index (κ2) is 13.9. The summed E-state index contributed by atoms with van der Waals surface area (Å²) >= 11 is 0. The van der Waals surface area contributed by atoms with Crippen molar-refractivity contribution in [1.29, 1.82) is 10.5 Å². The van der Waals surface area contributed by atoms with Crippen molar-refractivity contribution in [3.8, 4) is 34.9 Å². The molecule has 0 bridgehead atoms. The van der Waals surface area contributed by atoms with E-state index in [4.69, 9.17) is 4.42 Å². The number of hydrogen-bond acceptors (Lipinski definition) is 3. The maximum Gasteiger partial charge on any atom is 0.160 e. The number of benzene rings is 10.